The van der Waals surface area contributed by atoms with Gasteiger partial charge in [0.25, 0.3) is 0 Å². The average molecular weight is 240 g/mol. The summed E-state index contributed by atoms with van der Waals surface area (Å²) in [5, 5.41) is 0. The van der Waals surface area contributed by atoms with Crippen molar-refractivity contribution in [3.05, 3.63) is 77.1 Å². The molecule has 0 aliphatic heterocycles. The molecule has 0 spiro atoms. The third-order valence-electron chi connectivity index (χ3n) is 2.62. The minimum atomic E-state index is -0.745. The fourth-order valence-electron chi connectivity index (χ4n) is 1.60. The molecule has 90 valence electrons. The summed E-state index contributed by atoms with van der Waals surface area (Å²) in [5.74, 6) is -1.33. The number of rotatable bonds is 3. The van der Waals surface area contributed by atoms with E-state index >= 15 is 0 Å². The van der Waals surface area contributed by atoms with E-state index in [0.717, 1.165) is 5.56 Å². The molecule has 2 rings (SSSR count). The van der Waals surface area contributed by atoms with Gasteiger partial charge in [-0.05, 0) is 18.6 Å². The maximum atomic E-state index is 13.8. The minimum Gasteiger partial charge on any atom is -0.286 e. The van der Waals surface area contributed by atoms with Crippen LogP contribution in [0.4, 0.5) is 4.39 Å². The molecule has 18 heavy (non-hydrogen) atoms. The molecule has 0 fully saturated rings. The van der Waals surface area contributed by atoms with Gasteiger partial charge >= 0.3 is 0 Å². The third-order valence-corrected chi connectivity index (χ3v) is 2.62. The molecule has 0 amide bonds. The van der Waals surface area contributed by atoms with Gasteiger partial charge in [0.1, 0.15) is 0 Å². The number of hydrogen-bond acceptors (Lipinski definition) is 1. The highest BCUT2D eigenvalue weighted by Gasteiger charge is 2.11. The Morgan fingerprint density at radius 3 is 2.22 bits per heavy atom. The van der Waals surface area contributed by atoms with Gasteiger partial charge < -0.3 is 0 Å². The van der Waals surface area contributed by atoms with Crippen molar-refractivity contribution in [2.45, 2.75) is 6.92 Å². The number of ketones is 1. The fraction of sp³-hybridized carbons (Fsp3) is 0.0625. The monoisotopic (exact) mass is 240 g/mol. The van der Waals surface area contributed by atoms with Crippen molar-refractivity contribution in [3.63, 3.8) is 0 Å². The van der Waals surface area contributed by atoms with Crippen molar-refractivity contribution in [2.24, 2.45) is 0 Å². The standard InChI is InChI=1S/C16H13FO/c1-12-7-9-14(10-8-12)16(18)15(17)11-13-5-3-2-4-6-13/h2-11H,1H3/b15-11-. The second kappa shape index (κ2) is 5.41. The fourth-order valence-corrected chi connectivity index (χ4v) is 1.60. The molecule has 0 aromatic heterocycles. The lowest BCUT2D eigenvalue weighted by atomic mass is 10.1. The first kappa shape index (κ1) is 12.2. The number of allylic oxidation sites excluding steroid dienone is 1. The molecule has 0 unspecified atom stereocenters. The lowest BCUT2D eigenvalue weighted by Gasteiger charge is -1.99. The van der Waals surface area contributed by atoms with E-state index in [4.69, 9.17) is 0 Å². The Labute approximate surface area is 106 Å². The highest BCUT2D eigenvalue weighted by Crippen LogP contribution is 2.14. The Kier molecular flexibility index (Phi) is 3.68. The first-order valence-electron chi connectivity index (χ1n) is 5.70. The molecule has 0 saturated carbocycles. The van der Waals surface area contributed by atoms with Crippen molar-refractivity contribution in [3.8, 4) is 0 Å². The normalized spacial score (nSPS) is 11.3. The molecule has 0 saturated heterocycles. The Hall–Kier alpha value is -2.22. The van der Waals surface area contributed by atoms with Crippen molar-refractivity contribution >= 4 is 11.9 Å². The zero-order chi connectivity index (χ0) is 13.0. The summed E-state index contributed by atoms with van der Waals surface area (Å²) in [6.07, 6.45) is 1.25. The largest absolute Gasteiger partial charge is 0.286 e. The number of carbonyl (C=O) groups excluding carboxylic acids is 1. The topological polar surface area (TPSA) is 17.1 Å². The zero-order valence-corrected chi connectivity index (χ0v) is 10.1. The zero-order valence-electron chi connectivity index (χ0n) is 10.1. The van der Waals surface area contributed by atoms with E-state index < -0.39 is 11.6 Å². The van der Waals surface area contributed by atoms with Gasteiger partial charge in [0.2, 0.25) is 5.78 Å². The Balaban J connectivity index is 2.24. The molecule has 0 heterocycles. The molecule has 2 aromatic carbocycles. The molecular formula is C16H13FO. The van der Waals surface area contributed by atoms with Crippen molar-refractivity contribution < 1.29 is 9.18 Å². The third kappa shape index (κ3) is 2.92. The first-order valence-corrected chi connectivity index (χ1v) is 5.70. The van der Waals surface area contributed by atoms with Crippen molar-refractivity contribution in [1.82, 2.24) is 0 Å². The van der Waals surface area contributed by atoms with Gasteiger partial charge in [-0.2, -0.15) is 0 Å². The van der Waals surface area contributed by atoms with Crippen LogP contribution in [0.2, 0.25) is 0 Å². The van der Waals surface area contributed by atoms with Crippen LogP contribution in [0.3, 0.4) is 0 Å². The number of aryl methyl sites for hydroxylation is 1. The van der Waals surface area contributed by atoms with Gasteiger partial charge in [-0.25, -0.2) is 4.39 Å². The van der Waals surface area contributed by atoms with E-state index in [2.05, 4.69) is 0 Å². The quantitative estimate of drug-likeness (QED) is 0.580. The van der Waals surface area contributed by atoms with E-state index in [0.29, 0.717) is 11.1 Å². The Morgan fingerprint density at radius 2 is 1.61 bits per heavy atom. The van der Waals surface area contributed by atoms with Gasteiger partial charge in [0.05, 0.1) is 0 Å². The maximum absolute atomic E-state index is 13.8. The number of benzene rings is 2. The maximum Gasteiger partial charge on any atom is 0.221 e. The summed E-state index contributed by atoms with van der Waals surface area (Å²) in [7, 11) is 0. The predicted octanol–water partition coefficient (Wildman–Crippen LogP) is 4.19. The van der Waals surface area contributed by atoms with Crippen molar-refractivity contribution in [2.75, 3.05) is 0 Å². The molecule has 0 aliphatic rings. The first-order chi connectivity index (χ1) is 8.66. The van der Waals surface area contributed by atoms with Crippen LogP contribution < -0.4 is 0 Å². The number of halogens is 1. The Bertz CT molecular complexity index is 568. The number of hydrogen-bond donors (Lipinski definition) is 0. The highest BCUT2D eigenvalue weighted by atomic mass is 19.1. The average Bonchev–Trinajstić information content (AvgIpc) is 2.40. The van der Waals surface area contributed by atoms with E-state index in [1.54, 1.807) is 48.5 Å². The lowest BCUT2D eigenvalue weighted by Crippen LogP contribution is -1.99. The molecule has 0 N–H and O–H groups in total. The van der Waals surface area contributed by atoms with Crippen LogP contribution in [0.25, 0.3) is 6.08 Å². The second-order valence-electron chi connectivity index (χ2n) is 4.10. The van der Waals surface area contributed by atoms with Crippen LogP contribution in [0.15, 0.2) is 60.4 Å². The van der Waals surface area contributed by atoms with Crippen molar-refractivity contribution in [1.29, 1.82) is 0 Å². The van der Waals surface area contributed by atoms with Crippen LogP contribution in [-0.2, 0) is 0 Å². The van der Waals surface area contributed by atoms with E-state index in [1.165, 1.54) is 6.08 Å². The number of Topliss-reactive ketones (excluding diaryl/α,β-unsaturated/α-hetero) is 1. The summed E-state index contributed by atoms with van der Waals surface area (Å²) in [6, 6.07) is 15.8. The number of carbonyl (C=O) groups is 1. The van der Waals surface area contributed by atoms with Gasteiger partial charge in [0, 0.05) is 5.56 Å². The summed E-state index contributed by atoms with van der Waals surface area (Å²) < 4.78 is 13.8. The second-order valence-corrected chi connectivity index (χ2v) is 4.10. The van der Waals surface area contributed by atoms with Crippen LogP contribution in [0, 0.1) is 6.92 Å². The van der Waals surface area contributed by atoms with Crippen LogP contribution >= 0.6 is 0 Å². The summed E-state index contributed by atoms with van der Waals surface area (Å²) in [5.41, 5.74) is 2.08. The molecule has 0 atom stereocenters. The van der Waals surface area contributed by atoms with E-state index in [-0.39, 0.29) is 0 Å². The molecule has 0 aliphatic carbocycles. The molecular weight excluding hydrogens is 227 g/mol. The molecule has 2 heteroatoms. The van der Waals surface area contributed by atoms with E-state index in [1.807, 2.05) is 13.0 Å². The lowest BCUT2D eigenvalue weighted by molar-refractivity contribution is 0.101. The Morgan fingerprint density at radius 1 is 1.00 bits per heavy atom. The summed E-state index contributed by atoms with van der Waals surface area (Å²) in [6.45, 7) is 1.92. The van der Waals surface area contributed by atoms with Gasteiger partial charge in [-0.3, -0.25) is 4.79 Å². The SMILES string of the molecule is Cc1ccc(C(=O)/C(F)=C/c2ccccc2)cc1. The molecule has 2 aromatic rings. The summed E-state index contributed by atoms with van der Waals surface area (Å²) in [4.78, 5) is 11.8. The molecule has 0 radical (unpaired) electrons. The van der Waals surface area contributed by atoms with Crippen LogP contribution in [0.1, 0.15) is 21.5 Å². The summed E-state index contributed by atoms with van der Waals surface area (Å²) >= 11 is 0. The minimum absolute atomic E-state index is 0.366. The van der Waals surface area contributed by atoms with Crippen LogP contribution in [-0.4, -0.2) is 5.78 Å². The smallest absolute Gasteiger partial charge is 0.221 e. The predicted molar refractivity (Wildman–Crippen MR) is 71.0 cm³/mol. The highest BCUT2D eigenvalue weighted by molar-refractivity contribution is 6.09. The molecule has 1 nitrogen and oxygen atoms in total. The molecule has 0 bridgehead atoms. The van der Waals surface area contributed by atoms with Gasteiger partial charge in [-0.1, -0.05) is 60.2 Å². The van der Waals surface area contributed by atoms with Gasteiger partial charge in [-0.15, -0.1) is 0 Å². The van der Waals surface area contributed by atoms with Gasteiger partial charge in [0.15, 0.2) is 5.83 Å². The van der Waals surface area contributed by atoms with E-state index in [9.17, 15) is 9.18 Å². The van der Waals surface area contributed by atoms with Crippen LogP contribution in [0.5, 0.6) is 0 Å².